The molecule has 1 aliphatic rings. The zero-order chi connectivity index (χ0) is 19.4. The maximum Gasteiger partial charge on any atom is 0.243 e. The number of nitrogens with zero attached hydrogens (tertiary/aromatic N) is 2. The van der Waals surface area contributed by atoms with Crippen LogP contribution in [-0.2, 0) is 14.8 Å². The summed E-state index contributed by atoms with van der Waals surface area (Å²) < 4.78 is 27.7. The Bertz CT molecular complexity index is 706. The molecule has 8 heteroatoms. The summed E-state index contributed by atoms with van der Waals surface area (Å²) in [6.45, 7) is 9.32. The van der Waals surface area contributed by atoms with Crippen LogP contribution in [0.5, 0.6) is 0 Å². The molecule has 1 amide bonds. The molecule has 0 atom stereocenters. The number of carbonyl (C=O) groups excluding carboxylic acids is 1. The molecule has 26 heavy (non-hydrogen) atoms. The van der Waals surface area contributed by atoms with Crippen LogP contribution in [0.15, 0.2) is 33.6 Å². The normalized spacial score (nSPS) is 17.2. The summed E-state index contributed by atoms with van der Waals surface area (Å²) in [5.41, 5.74) is 0.195. The van der Waals surface area contributed by atoms with Gasteiger partial charge in [0.1, 0.15) is 0 Å². The molecule has 0 unspecified atom stereocenters. The number of halogens is 1. The highest BCUT2D eigenvalue weighted by molar-refractivity contribution is 9.10. The van der Waals surface area contributed by atoms with E-state index >= 15 is 0 Å². The van der Waals surface area contributed by atoms with E-state index in [0.717, 1.165) is 10.9 Å². The van der Waals surface area contributed by atoms with E-state index in [-0.39, 0.29) is 11.3 Å². The molecule has 1 fully saturated rings. The number of amides is 1. The Labute approximate surface area is 165 Å². The summed E-state index contributed by atoms with van der Waals surface area (Å²) >= 11 is 3.31. The fraction of sp³-hybridized carbons (Fsp3) is 0.611. The van der Waals surface area contributed by atoms with Crippen molar-refractivity contribution in [3.05, 3.63) is 28.7 Å². The van der Waals surface area contributed by atoms with Crippen LogP contribution in [0.1, 0.15) is 27.2 Å². The van der Waals surface area contributed by atoms with Gasteiger partial charge in [-0.1, -0.05) is 36.7 Å². The fourth-order valence-corrected chi connectivity index (χ4v) is 4.41. The van der Waals surface area contributed by atoms with E-state index in [2.05, 4.69) is 42.0 Å². The Hall–Kier alpha value is -0.960. The number of nitrogens with one attached hydrogen (secondary N) is 1. The minimum atomic E-state index is -3.48. The van der Waals surface area contributed by atoms with Gasteiger partial charge in [0.2, 0.25) is 15.9 Å². The van der Waals surface area contributed by atoms with Crippen molar-refractivity contribution >= 4 is 31.9 Å². The minimum Gasteiger partial charge on any atom is -0.355 e. The monoisotopic (exact) mass is 445 g/mol. The molecule has 1 aromatic rings. The molecule has 146 valence electrons. The van der Waals surface area contributed by atoms with Crippen LogP contribution in [0.4, 0.5) is 0 Å². The van der Waals surface area contributed by atoms with E-state index in [4.69, 9.17) is 0 Å². The lowest BCUT2D eigenvalue weighted by molar-refractivity contribution is -0.122. The molecule has 0 saturated carbocycles. The molecule has 0 aromatic heterocycles. The summed E-state index contributed by atoms with van der Waals surface area (Å²) in [6, 6.07) is 6.67. The van der Waals surface area contributed by atoms with Gasteiger partial charge in [-0.2, -0.15) is 4.31 Å². The first kappa shape index (κ1) is 21.3. The van der Waals surface area contributed by atoms with Crippen LogP contribution in [-0.4, -0.2) is 62.8 Å². The molecular weight excluding hydrogens is 418 g/mol. The quantitative estimate of drug-likeness (QED) is 0.728. The smallest absolute Gasteiger partial charge is 0.243 e. The van der Waals surface area contributed by atoms with Crippen molar-refractivity contribution in [2.45, 2.75) is 32.1 Å². The standard InChI is InChI=1S/C18H28BrN3O3S/c1-18(2,3)8-9-20-17(23)14-21-10-12-22(13-11-21)26(24,25)16-6-4-15(19)5-7-16/h4-7H,8-14H2,1-3H3,(H,20,23). The van der Waals surface area contributed by atoms with E-state index in [1.807, 2.05) is 4.90 Å². The number of piperazine rings is 1. The Morgan fingerprint density at radius 1 is 1.12 bits per heavy atom. The van der Waals surface area contributed by atoms with Gasteiger partial charge in [-0.25, -0.2) is 8.42 Å². The summed E-state index contributed by atoms with van der Waals surface area (Å²) in [5, 5.41) is 2.94. The van der Waals surface area contributed by atoms with Crippen molar-refractivity contribution in [3.63, 3.8) is 0 Å². The van der Waals surface area contributed by atoms with E-state index in [9.17, 15) is 13.2 Å². The van der Waals surface area contributed by atoms with E-state index in [1.54, 1.807) is 24.3 Å². The van der Waals surface area contributed by atoms with Gasteiger partial charge in [0.15, 0.2) is 0 Å². The van der Waals surface area contributed by atoms with E-state index in [1.165, 1.54) is 4.31 Å². The molecule has 0 spiro atoms. The molecule has 2 rings (SSSR count). The van der Waals surface area contributed by atoms with Gasteiger partial charge < -0.3 is 5.32 Å². The van der Waals surface area contributed by atoms with Crippen molar-refractivity contribution < 1.29 is 13.2 Å². The fourth-order valence-electron chi connectivity index (χ4n) is 2.72. The first-order valence-corrected chi connectivity index (χ1v) is 11.1. The third kappa shape index (κ3) is 6.33. The summed E-state index contributed by atoms with van der Waals surface area (Å²) in [4.78, 5) is 14.3. The van der Waals surface area contributed by atoms with Gasteiger partial charge in [-0.05, 0) is 36.1 Å². The lowest BCUT2D eigenvalue weighted by Gasteiger charge is -2.33. The first-order chi connectivity index (χ1) is 12.1. The Balaban J connectivity index is 1.81. The maximum absolute atomic E-state index is 12.7. The van der Waals surface area contributed by atoms with Gasteiger partial charge in [-0.3, -0.25) is 9.69 Å². The average Bonchev–Trinajstić information content (AvgIpc) is 2.54. The first-order valence-electron chi connectivity index (χ1n) is 8.83. The number of hydrogen-bond donors (Lipinski definition) is 1. The van der Waals surface area contributed by atoms with Gasteiger partial charge >= 0.3 is 0 Å². The maximum atomic E-state index is 12.7. The Kier molecular flexibility index (Phi) is 7.24. The molecule has 1 aromatic carbocycles. The van der Waals surface area contributed by atoms with Crippen LogP contribution in [0.25, 0.3) is 0 Å². The molecule has 1 saturated heterocycles. The number of benzene rings is 1. The SMILES string of the molecule is CC(C)(C)CCNC(=O)CN1CCN(S(=O)(=O)c2ccc(Br)cc2)CC1. The van der Waals surface area contributed by atoms with Crippen molar-refractivity contribution in [3.8, 4) is 0 Å². The molecule has 1 N–H and O–H groups in total. The summed E-state index contributed by atoms with van der Waals surface area (Å²) in [6.07, 6.45) is 0.929. The number of carbonyl (C=O) groups is 1. The third-order valence-corrected chi connectivity index (χ3v) is 6.79. The van der Waals surface area contributed by atoms with Crippen molar-refractivity contribution in [2.24, 2.45) is 5.41 Å². The third-order valence-electron chi connectivity index (χ3n) is 4.35. The molecule has 1 aliphatic heterocycles. The van der Waals surface area contributed by atoms with Crippen molar-refractivity contribution in [2.75, 3.05) is 39.3 Å². The van der Waals surface area contributed by atoms with Gasteiger partial charge in [0.05, 0.1) is 11.4 Å². The zero-order valence-corrected chi connectivity index (χ0v) is 18.1. The zero-order valence-electron chi connectivity index (χ0n) is 15.7. The van der Waals surface area contributed by atoms with Crippen molar-refractivity contribution in [1.82, 2.24) is 14.5 Å². The lowest BCUT2D eigenvalue weighted by Crippen LogP contribution is -2.51. The predicted molar refractivity (Wildman–Crippen MR) is 106 cm³/mol. The van der Waals surface area contributed by atoms with Gasteiger partial charge in [0, 0.05) is 37.2 Å². The van der Waals surface area contributed by atoms with Gasteiger partial charge in [0.25, 0.3) is 0 Å². The second kappa shape index (κ2) is 8.82. The molecule has 6 nitrogen and oxygen atoms in total. The van der Waals surface area contributed by atoms with Crippen LogP contribution < -0.4 is 5.32 Å². The van der Waals surface area contributed by atoms with Gasteiger partial charge in [-0.15, -0.1) is 0 Å². The second-order valence-electron chi connectivity index (χ2n) is 7.79. The number of sulfonamides is 1. The highest BCUT2D eigenvalue weighted by Gasteiger charge is 2.29. The highest BCUT2D eigenvalue weighted by Crippen LogP contribution is 2.20. The summed E-state index contributed by atoms with van der Waals surface area (Å²) in [5.74, 6) is -0.00142. The van der Waals surface area contributed by atoms with Crippen LogP contribution in [0.2, 0.25) is 0 Å². The topological polar surface area (TPSA) is 69.7 Å². The van der Waals surface area contributed by atoms with Crippen LogP contribution in [0.3, 0.4) is 0 Å². The van der Waals surface area contributed by atoms with E-state index in [0.29, 0.717) is 44.2 Å². The molecular formula is C18H28BrN3O3S. The molecule has 1 heterocycles. The second-order valence-corrected chi connectivity index (χ2v) is 10.6. The molecule has 0 bridgehead atoms. The number of hydrogen-bond acceptors (Lipinski definition) is 4. The van der Waals surface area contributed by atoms with Crippen molar-refractivity contribution in [1.29, 1.82) is 0 Å². The predicted octanol–water partition coefficient (Wildman–Crippen LogP) is 2.31. The van der Waals surface area contributed by atoms with Crippen LogP contribution in [0, 0.1) is 5.41 Å². The highest BCUT2D eigenvalue weighted by atomic mass is 79.9. The number of rotatable bonds is 6. The Morgan fingerprint density at radius 2 is 1.69 bits per heavy atom. The van der Waals surface area contributed by atoms with E-state index < -0.39 is 10.0 Å². The minimum absolute atomic E-state index is 0.00142. The lowest BCUT2D eigenvalue weighted by atomic mass is 9.92. The largest absolute Gasteiger partial charge is 0.355 e. The van der Waals surface area contributed by atoms with Crippen LogP contribution >= 0.6 is 15.9 Å². The molecule has 0 radical (unpaired) electrons. The average molecular weight is 446 g/mol. The summed E-state index contributed by atoms with van der Waals surface area (Å²) in [7, 11) is -3.48. The molecule has 0 aliphatic carbocycles. The Morgan fingerprint density at radius 3 is 2.23 bits per heavy atom.